The SMILES string of the molecule is CCOc1ccc(NC(=S)NCCCO[C@H](C)c2ccccc2)cc1. The Hall–Kier alpha value is -2.11. The first-order chi connectivity index (χ1) is 12.2. The van der Waals surface area contributed by atoms with Crippen molar-refractivity contribution in [3.05, 3.63) is 60.2 Å². The summed E-state index contributed by atoms with van der Waals surface area (Å²) in [6.07, 6.45) is 0.998. The number of rotatable bonds is 9. The van der Waals surface area contributed by atoms with Crippen molar-refractivity contribution < 1.29 is 9.47 Å². The first kappa shape index (κ1) is 19.2. The number of benzene rings is 2. The molecule has 0 fully saturated rings. The van der Waals surface area contributed by atoms with Gasteiger partial charge >= 0.3 is 0 Å². The third kappa shape index (κ3) is 7.11. The number of ether oxygens (including phenoxy) is 2. The molecule has 0 aliphatic rings. The highest BCUT2D eigenvalue weighted by molar-refractivity contribution is 7.80. The summed E-state index contributed by atoms with van der Waals surface area (Å²) < 4.78 is 11.3. The number of hydrogen-bond acceptors (Lipinski definition) is 3. The number of hydrogen-bond donors (Lipinski definition) is 2. The molecule has 0 amide bonds. The quantitative estimate of drug-likeness (QED) is 0.509. The van der Waals surface area contributed by atoms with Crippen molar-refractivity contribution >= 4 is 23.0 Å². The second-order valence-corrected chi connectivity index (χ2v) is 6.02. The monoisotopic (exact) mass is 358 g/mol. The smallest absolute Gasteiger partial charge is 0.170 e. The lowest BCUT2D eigenvalue weighted by Crippen LogP contribution is -2.29. The van der Waals surface area contributed by atoms with E-state index in [9.17, 15) is 0 Å². The maximum Gasteiger partial charge on any atom is 0.170 e. The summed E-state index contributed by atoms with van der Waals surface area (Å²) in [5, 5.41) is 6.97. The minimum absolute atomic E-state index is 0.107. The van der Waals surface area contributed by atoms with Crippen molar-refractivity contribution in [2.45, 2.75) is 26.4 Å². The van der Waals surface area contributed by atoms with Crippen LogP contribution in [0.15, 0.2) is 54.6 Å². The first-order valence-electron chi connectivity index (χ1n) is 8.63. The molecule has 2 aromatic rings. The molecular formula is C20H26N2O2S. The fourth-order valence-corrected chi connectivity index (χ4v) is 2.55. The van der Waals surface area contributed by atoms with E-state index in [1.807, 2.05) is 49.4 Å². The summed E-state index contributed by atoms with van der Waals surface area (Å²) in [6.45, 7) is 6.16. The van der Waals surface area contributed by atoms with E-state index in [0.717, 1.165) is 24.4 Å². The van der Waals surface area contributed by atoms with Crippen LogP contribution in [0.5, 0.6) is 5.75 Å². The Balaban J connectivity index is 1.60. The standard InChI is InChI=1S/C20H26N2O2S/c1-3-23-19-12-10-18(11-13-19)22-20(25)21-14-7-15-24-16(2)17-8-5-4-6-9-17/h4-6,8-13,16H,3,7,14-15H2,1-2H3,(H2,21,22,25)/t16-/m1/s1. The fraction of sp³-hybridized carbons (Fsp3) is 0.350. The fourth-order valence-electron chi connectivity index (χ4n) is 2.33. The van der Waals surface area contributed by atoms with Gasteiger partial charge in [0.1, 0.15) is 5.75 Å². The zero-order valence-corrected chi connectivity index (χ0v) is 15.6. The number of thiocarbonyl (C=S) groups is 1. The van der Waals surface area contributed by atoms with Gasteiger partial charge < -0.3 is 20.1 Å². The van der Waals surface area contributed by atoms with Gasteiger partial charge in [-0.2, -0.15) is 0 Å². The highest BCUT2D eigenvalue weighted by atomic mass is 32.1. The maximum absolute atomic E-state index is 5.85. The molecule has 25 heavy (non-hydrogen) atoms. The van der Waals surface area contributed by atoms with E-state index in [1.54, 1.807) is 0 Å². The van der Waals surface area contributed by atoms with Gasteiger partial charge in [0, 0.05) is 18.8 Å². The predicted molar refractivity (Wildman–Crippen MR) is 107 cm³/mol. The van der Waals surface area contributed by atoms with Crippen LogP contribution in [0, 0.1) is 0 Å². The molecule has 1 atom stereocenters. The molecule has 2 aromatic carbocycles. The van der Waals surface area contributed by atoms with Crippen molar-refractivity contribution in [1.82, 2.24) is 5.32 Å². The summed E-state index contributed by atoms with van der Waals surface area (Å²) in [7, 11) is 0. The van der Waals surface area contributed by atoms with Crippen molar-refractivity contribution in [2.75, 3.05) is 25.1 Å². The molecule has 0 saturated heterocycles. The third-order valence-electron chi connectivity index (χ3n) is 3.67. The first-order valence-corrected chi connectivity index (χ1v) is 9.04. The zero-order valence-electron chi connectivity index (χ0n) is 14.8. The van der Waals surface area contributed by atoms with Gasteiger partial charge in [-0.15, -0.1) is 0 Å². The molecule has 0 saturated carbocycles. The van der Waals surface area contributed by atoms with Gasteiger partial charge in [0.05, 0.1) is 12.7 Å². The molecule has 0 unspecified atom stereocenters. The third-order valence-corrected chi connectivity index (χ3v) is 3.91. The van der Waals surface area contributed by atoms with E-state index in [-0.39, 0.29) is 6.10 Å². The van der Waals surface area contributed by atoms with Gasteiger partial charge in [-0.25, -0.2) is 0 Å². The molecule has 0 aliphatic carbocycles. The zero-order chi connectivity index (χ0) is 17.9. The Labute approximate surface area is 155 Å². The predicted octanol–water partition coefficient (Wildman–Crippen LogP) is 4.54. The van der Waals surface area contributed by atoms with Gasteiger partial charge in [0.25, 0.3) is 0 Å². The molecule has 0 bridgehead atoms. The molecule has 0 aliphatic heterocycles. The number of nitrogens with one attached hydrogen (secondary N) is 2. The van der Waals surface area contributed by atoms with Gasteiger partial charge in [0.2, 0.25) is 0 Å². The van der Waals surface area contributed by atoms with Gasteiger partial charge in [0.15, 0.2) is 5.11 Å². The lowest BCUT2D eigenvalue weighted by molar-refractivity contribution is 0.0646. The molecule has 0 radical (unpaired) electrons. The van der Waals surface area contributed by atoms with Crippen LogP contribution in [-0.2, 0) is 4.74 Å². The maximum atomic E-state index is 5.85. The van der Waals surface area contributed by atoms with Crippen LogP contribution in [0.3, 0.4) is 0 Å². The van der Waals surface area contributed by atoms with Crippen LogP contribution in [0.4, 0.5) is 5.69 Å². The lowest BCUT2D eigenvalue weighted by atomic mass is 10.1. The van der Waals surface area contributed by atoms with Crippen molar-refractivity contribution in [1.29, 1.82) is 0 Å². The highest BCUT2D eigenvalue weighted by Gasteiger charge is 2.04. The molecule has 0 spiro atoms. The van der Waals surface area contributed by atoms with E-state index in [0.29, 0.717) is 18.3 Å². The van der Waals surface area contributed by atoms with Gasteiger partial charge in [-0.1, -0.05) is 30.3 Å². The summed E-state index contributed by atoms with van der Waals surface area (Å²) in [5.41, 5.74) is 2.14. The Kier molecular flexibility index (Phi) is 8.22. The molecule has 2 N–H and O–H groups in total. The van der Waals surface area contributed by atoms with Crippen LogP contribution in [0.1, 0.15) is 31.9 Å². The van der Waals surface area contributed by atoms with E-state index in [1.165, 1.54) is 5.56 Å². The van der Waals surface area contributed by atoms with Crippen LogP contribution < -0.4 is 15.4 Å². The summed E-state index contributed by atoms with van der Waals surface area (Å²) >= 11 is 5.30. The van der Waals surface area contributed by atoms with Crippen LogP contribution in [0.2, 0.25) is 0 Å². The normalized spacial score (nSPS) is 11.6. The van der Waals surface area contributed by atoms with Crippen molar-refractivity contribution in [2.24, 2.45) is 0 Å². The van der Waals surface area contributed by atoms with E-state index in [2.05, 4.69) is 29.7 Å². The summed E-state index contributed by atoms with van der Waals surface area (Å²) in [6, 6.07) is 18.0. The minimum Gasteiger partial charge on any atom is -0.494 e. The largest absolute Gasteiger partial charge is 0.494 e. The Bertz CT molecular complexity index is 632. The van der Waals surface area contributed by atoms with Crippen LogP contribution >= 0.6 is 12.2 Å². The second-order valence-electron chi connectivity index (χ2n) is 5.62. The highest BCUT2D eigenvalue weighted by Crippen LogP contribution is 2.16. The van der Waals surface area contributed by atoms with Crippen molar-refractivity contribution in [3.63, 3.8) is 0 Å². The van der Waals surface area contributed by atoms with Crippen LogP contribution in [0.25, 0.3) is 0 Å². The Morgan fingerprint density at radius 1 is 1.08 bits per heavy atom. The average molecular weight is 359 g/mol. The van der Waals surface area contributed by atoms with Crippen LogP contribution in [-0.4, -0.2) is 24.9 Å². The molecular weight excluding hydrogens is 332 g/mol. The number of anilines is 1. The Morgan fingerprint density at radius 3 is 2.48 bits per heavy atom. The summed E-state index contributed by atoms with van der Waals surface area (Å²) in [4.78, 5) is 0. The molecule has 134 valence electrons. The van der Waals surface area contributed by atoms with Gasteiger partial charge in [-0.05, 0) is 62.3 Å². The second kappa shape index (κ2) is 10.7. The molecule has 2 rings (SSSR count). The minimum atomic E-state index is 0.107. The molecule has 4 nitrogen and oxygen atoms in total. The molecule has 5 heteroatoms. The Morgan fingerprint density at radius 2 is 1.80 bits per heavy atom. The molecule has 0 heterocycles. The van der Waals surface area contributed by atoms with Gasteiger partial charge in [-0.3, -0.25) is 0 Å². The van der Waals surface area contributed by atoms with E-state index in [4.69, 9.17) is 21.7 Å². The average Bonchev–Trinajstić information content (AvgIpc) is 2.64. The van der Waals surface area contributed by atoms with Crippen molar-refractivity contribution in [3.8, 4) is 5.75 Å². The lowest BCUT2D eigenvalue weighted by Gasteiger charge is -2.14. The molecule has 0 aromatic heterocycles. The van der Waals surface area contributed by atoms with E-state index < -0.39 is 0 Å². The summed E-state index contributed by atoms with van der Waals surface area (Å²) in [5.74, 6) is 0.858. The van der Waals surface area contributed by atoms with E-state index >= 15 is 0 Å². The topological polar surface area (TPSA) is 42.5 Å².